The topological polar surface area (TPSA) is 45.2 Å². The third-order valence-electron chi connectivity index (χ3n) is 3.33. The molecule has 1 atom stereocenters. The van der Waals surface area contributed by atoms with Crippen molar-refractivity contribution in [2.24, 2.45) is 5.92 Å². The molecule has 2 N–H and O–H groups in total. The van der Waals surface area contributed by atoms with Gasteiger partial charge in [-0.05, 0) is 17.9 Å². The molecule has 0 spiro atoms. The summed E-state index contributed by atoms with van der Waals surface area (Å²) in [7, 11) is 0. The molecule has 1 heterocycles. The maximum absolute atomic E-state index is 9.25. The van der Waals surface area contributed by atoms with Crippen molar-refractivity contribution in [1.82, 2.24) is 10.3 Å². The second-order valence-electron chi connectivity index (χ2n) is 5.67. The third-order valence-corrected chi connectivity index (χ3v) is 4.35. The highest BCUT2D eigenvalue weighted by Gasteiger charge is 2.11. The van der Waals surface area contributed by atoms with E-state index < -0.39 is 0 Å². The molecule has 3 nitrogen and oxygen atoms in total. The summed E-state index contributed by atoms with van der Waals surface area (Å²) in [4.78, 5) is 5.74. The summed E-state index contributed by atoms with van der Waals surface area (Å²) >= 11 is 1.78. The van der Waals surface area contributed by atoms with E-state index in [0.29, 0.717) is 5.92 Å². The molecule has 0 unspecified atom stereocenters. The minimum atomic E-state index is 0.187. The molecular formula is C17H24N2OS. The molecule has 4 heteroatoms. The van der Waals surface area contributed by atoms with Crippen LogP contribution < -0.4 is 5.32 Å². The largest absolute Gasteiger partial charge is 0.396 e. The van der Waals surface area contributed by atoms with Crippen molar-refractivity contribution in [2.45, 2.75) is 39.3 Å². The lowest BCUT2D eigenvalue weighted by molar-refractivity contribution is 0.265. The van der Waals surface area contributed by atoms with Crippen molar-refractivity contribution in [2.75, 3.05) is 6.61 Å². The van der Waals surface area contributed by atoms with E-state index in [1.807, 2.05) is 24.4 Å². The second-order valence-corrected chi connectivity index (χ2v) is 6.87. The number of benzene rings is 1. The molecule has 0 bridgehead atoms. The number of aliphatic hydroxyl groups excluding tert-OH is 1. The van der Waals surface area contributed by atoms with Gasteiger partial charge >= 0.3 is 0 Å². The first-order valence-corrected chi connectivity index (χ1v) is 8.33. The van der Waals surface area contributed by atoms with Crippen LogP contribution >= 0.6 is 11.3 Å². The van der Waals surface area contributed by atoms with Gasteiger partial charge in [-0.1, -0.05) is 44.2 Å². The Bertz CT molecular complexity index is 525. The quantitative estimate of drug-likeness (QED) is 0.784. The monoisotopic (exact) mass is 304 g/mol. The highest BCUT2D eigenvalue weighted by molar-refractivity contribution is 7.11. The van der Waals surface area contributed by atoms with Crippen LogP contribution in [0.5, 0.6) is 0 Å². The number of rotatable bonds is 8. The van der Waals surface area contributed by atoms with Crippen molar-refractivity contribution in [1.29, 1.82) is 0 Å². The third kappa shape index (κ3) is 5.23. The van der Waals surface area contributed by atoms with Gasteiger partial charge in [-0.25, -0.2) is 4.98 Å². The average molecular weight is 304 g/mol. The number of nitrogens with one attached hydrogen (secondary N) is 1. The Balaban J connectivity index is 1.94. The van der Waals surface area contributed by atoms with Crippen LogP contribution in [0.2, 0.25) is 0 Å². The van der Waals surface area contributed by atoms with Crippen molar-refractivity contribution < 1.29 is 5.11 Å². The van der Waals surface area contributed by atoms with Crippen LogP contribution in [0.1, 0.15) is 41.8 Å². The highest BCUT2D eigenvalue weighted by Crippen LogP contribution is 2.20. The molecule has 0 saturated heterocycles. The van der Waals surface area contributed by atoms with Crippen LogP contribution in [0.4, 0.5) is 0 Å². The first-order chi connectivity index (χ1) is 10.2. The van der Waals surface area contributed by atoms with Crippen molar-refractivity contribution in [3.8, 4) is 0 Å². The standard InChI is InChI=1S/C17H24N2OS/c1-13(2)10-17-19-12-15(21-17)11-18-16(8-9-20)14-6-4-3-5-7-14/h3-7,12-13,16,18,20H,8-11H2,1-2H3/t16-/m1/s1. The first kappa shape index (κ1) is 16.1. The number of aliphatic hydroxyl groups is 1. The predicted molar refractivity (Wildman–Crippen MR) is 88.4 cm³/mol. The van der Waals surface area contributed by atoms with Gasteiger partial charge in [0, 0.05) is 36.7 Å². The average Bonchev–Trinajstić information content (AvgIpc) is 2.91. The van der Waals surface area contributed by atoms with E-state index in [0.717, 1.165) is 19.4 Å². The number of aromatic nitrogens is 1. The van der Waals surface area contributed by atoms with Crippen LogP contribution in [-0.4, -0.2) is 16.7 Å². The van der Waals surface area contributed by atoms with E-state index in [1.165, 1.54) is 15.4 Å². The molecule has 0 fully saturated rings. The van der Waals surface area contributed by atoms with Gasteiger partial charge in [0.1, 0.15) is 0 Å². The maximum Gasteiger partial charge on any atom is 0.0930 e. The van der Waals surface area contributed by atoms with E-state index in [9.17, 15) is 5.11 Å². The summed E-state index contributed by atoms with van der Waals surface area (Å²) in [5.74, 6) is 0.642. The number of hydrogen-bond donors (Lipinski definition) is 2. The molecular weight excluding hydrogens is 280 g/mol. The van der Waals surface area contributed by atoms with Crippen molar-refractivity contribution in [3.05, 3.63) is 52.0 Å². The summed E-state index contributed by atoms with van der Waals surface area (Å²) < 4.78 is 0. The molecule has 21 heavy (non-hydrogen) atoms. The fourth-order valence-corrected chi connectivity index (χ4v) is 3.38. The number of nitrogens with zero attached hydrogens (tertiary/aromatic N) is 1. The maximum atomic E-state index is 9.25. The van der Waals surface area contributed by atoms with Gasteiger partial charge in [0.25, 0.3) is 0 Å². The normalized spacial score (nSPS) is 12.8. The van der Waals surface area contributed by atoms with E-state index in [-0.39, 0.29) is 12.6 Å². The van der Waals surface area contributed by atoms with Crippen LogP contribution in [0.25, 0.3) is 0 Å². The van der Waals surface area contributed by atoms with Gasteiger partial charge in [0.15, 0.2) is 0 Å². The molecule has 0 aliphatic carbocycles. The Hall–Kier alpha value is -1.23. The molecule has 0 radical (unpaired) electrons. The van der Waals surface area contributed by atoms with Crippen LogP contribution in [0.15, 0.2) is 36.5 Å². The Kier molecular flexibility index (Phi) is 6.36. The van der Waals surface area contributed by atoms with Gasteiger partial charge in [-0.2, -0.15) is 0 Å². The minimum absolute atomic E-state index is 0.187. The summed E-state index contributed by atoms with van der Waals surface area (Å²) in [5.41, 5.74) is 1.22. The first-order valence-electron chi connectivity index (χ1n) is 7.51. The van der Waals surface area contributed by atoms with Crippen molar-refractivity contribution >= 4 is 11.3 Å². The predicted octanol–water partition coefficient (Wildman–Crippen LogP) is 3.55. The summed E-state index contributed by atoms with van der Waals surface area (Å²) in [6.07, 6.45) is 3.74. The number of thiazole rings is 1. The molecule has 0 aliphatic heterocycles. The summed E-state index contributed by atoms with van der Waals surface area (Å²) in [6.45, 7) is 5.42. The van der Waals surface area contributed by atoms with Crippen LogP contribution in [0.3, 0.4) is 0 Å². The molecule has 0 aliphatic rings. The highest BCUT2D eigenvalue weighted by atomic mass is 32.1. The Morgan fingerprint density at radius 2 is 2.00 bits per heavy atom. The van der Waals surface area contributed by atoms with Gasteiger partial charge < -0.3 is 10.4 Å². The Morgan fingerprint density at radius 1 is 1.24 bits per heavy atom. The lowest BCUT2D eigenvalue weighted by atomic mass is 10.0. The number of hydrogen-bond acceptors (Lipinski definition) is 4. The Morgan fingerprint density at radius 3 is 2.67 bits per heavy atom. The van der Waals surface area contributed by atoms with Crippen molar-refractivity contribution in [3.63, 3.8) is 0 Å². The van der Waals surface area contributed by atoms with E-state index >= 15 is 0 Å². The Labute approximate surface area is 131 Å². The molecule has 1 aromatic carbocycles. The SMILES string of the molecule is CC(C)Cc1ncc(CN[C@H](CCO)c2ccccc2)s1. The fraction of sp³-hybridized carbons (Fsp3) is 0.471. The second kappa shape index (κ2) is 8.27. The van der Waals surface area contributed by atoms with Crippen LogP contribution in [-0.2, 0) is 13.0 Å². The molecule has 0 amide bonds. The molecule has 2 rings (SSSR count). The van der Waals surface area contributed by atoms with Gasteiger partial charge in [-0.15, -0.1) is 11.3 Å². The summed E-state index contributed by atoms with van der Waals surface area (Å²) in [6, 6.07) is 10.5. The lowest BCUT2D eigenvalue weighted by Gasteiger charge is -2.17. The molecule has 114 valence electrons. The van der Waals surface area contributed by atoms with Gasteiger partial charge in [0.2, 0.25) is 0 Å². The zero-order chi connectivity index (χ0) is 15.1. The van der Waals surface area contributed by atoms with Crippen LogP contribution in [0, 0.1) is 5.92 Å². The zero-order valence-electron chi connectivity index (χ0n) is 12.7. The van der Waals surface area contributed by atoms with E-state index in [4.69, 9.17) is 0 Å². The fourth-order valence-electron chi connectivity index (χ4n) is 2.30. The lowest BCUT2D eigenvalue weighted by Crippen LogP contribution is -2.21. The zero-order valence-corrected chi connectivity index (χ0v) is 13.6. The molecule has 0 saturated carbocycles. The molecule has 2 aromatic rings. The van der Waals surface area contributed by atoms with Gasteiger partial charge in [-0.3, -0.25) is 0 Å². The molecule has 1 aromatic heterocycles. The minimum Gasteiger partial charge on any atom is -0.396 e. The smallest absolute Gasteiger partial charge is 0.0930 e. The van der Waals surface area contributed by atoms with Gasteiger partial charge in [0.05, 0.1) is 5.01 Å². The van der Waals surface area contributed by atoms with E-state index in [2.05, 4.69) is 36.3 Å². The van der Waals surface area contributed by atoms with E-state index in [1.54, 1.807) is 11.3 Å². The summed E-state index contributed by atoms with van der Waals surface area (Å²) in [5, 5.41) is 14.0.